The van der Waals surface area contributed by atoms with Gasteiger partial charge in [-0.1, -0.05) is 30.7 Å². The van der Waals surface area contributed by atoms with Gasteiger partial charge in [0.1, 0.15) is 5.75 Å². The largest absolute Gasteiger partial charge is 0.497 e. The Balaban J connectivity index is 1.32. The molecule has 0 saturated carbocycles. The first-order valence-electron chi connectivity index (χ1n) is 14.1. The summed E-state index contributed by atoms with van der Waals surface area (Å²) in [4.78, 5) is 30.6. The first-order chi connectivity index (χ1) is 19.3. The van der Waals surface area contributed by atoms with Crippen LogP contribution in [-0.2, 0) is 4.79 Å². The van der Waals surface area contributed by atoms with Gasteiger partial charge in [-0.15, -0.1) is 0 Å². The van der Waals surface area contributed by atoms with Crippen molar-refractivity contribution in [2.24, 2.45) is 11.3 Å². The molecule has 1 unspecified atom stereocenters. The van der Waals surface area contributed by atoms with Crippen LogP contribution in [0.2, 0.25) is 5.02 Å². The van der Waals surface area contributed by atoms with E-state index in [0.29, 0.717) is 48.2 Å². The smallest absolute Gasteiger partial charge is 0.404 e. The number of nitrogens with zero attached hydrogens (tertiary/aromatic N) is 3. The van der Waals surface area contributed by atoms with Gasteiger partial charge in [0.15, 0.2) is 5.92 Å². The van der Waals surface area contributed by atoms with Crippen LogP contribution in [0.1, 0.15) is 60.9 Å². The molecule has 0 aliphatic carbocycles. The first kappa shape index (κ1) is 31.0. The predicted octanol–water partition coefficient (Wildman–Crippen LogP) is 6.63. The number of carbonyl (C=O) groups excluding carboxylic acids is 2. The minimum Gasteiger partial charge on any atom is -0.497 e. The number of carbonyl (C=O) groups is 2. The maximum Gasteiger partial charge on any atom is 0.404 e. The summed E-state index contributed by atoms with van der Waals surface area (Å²) in [5.41, 5.74) is 1.50. The van der Waals surface area contributed by atoms with Gasteiger partial charge in [-0.05, 0) is 79.3 Å². The second kappa shape index (κ2) is 12.5. The van der Waals surface area contributed by atoms with Crippen molar-refractivity contribution in [3.05, 3.63) is 58.6 Å². The second-order valence-electron chi connectivity index (χ2n) is 11.9. The highest BCUT2D eigenvalue weighted by Gasteiger charge is 2.48. The number of benzene rings is 2. The number of hydrogen-bond donors (Lipinski definition) is 0. The lowest BCUT2D eigenvalue weighted by atomic mass is 9.71. The highest BCUT2D eigenvalue weighted by Crippen LogP contribution is 2.42. The molecule has 2 aromatic carbocycles. The van der Waals surface area contributed by atoms with E-state index in [0.717, 1.165) is 38.0 Å². The number of ether oxygens (including phenoxy) is 1. The van der Waals surface area contributed by atoms with E-state index in [2.05, 4.69) is 11.8 Å². The molecule has 224 valence electrons. The number of rotatable bonds is 7. The lowest BCUT2D eigenvalue weighted by Gasteiger charge is -2.44. The Hall–Kier alpha value is -2.94. The van der Waals surface area contributed by atoms with Gasteiger partial charge in [0.05, 0.1) is 17.7 Å². The molecule has 2 amide bonds. The molecule has 2 aromatic rings. The van der Waals surface area contributed by atoms with E-state index in [9.17, 15) is 22.8 Å². The van der Waals surface area contributed by atoms with Gasteiger partial charge in [0, 0.05) is 46.0 Å². The summed E-state index contributed by atoms with van der Waals surface area (Å²) >= 11 is 6.43. The summed E-state index contributed by atoms with van der Waals surface area (Å²) in [6, 6.07) is 11.3. The molecule has 10 heteroatoms. The molecule has 2 aliphatic heterocycles. The average Bonchev–Trinajstić information content (AvgIpc) is 2.92. The van der Waals surface area contributed by atoms with Crippen molar-refractivity contribution >= 4 is 29.1 Å². The molecule has 2 saturated heterocycles. The Bertz CT molecular complexity index is 1240. The zero-order valence-electron chi connectivity index (χ0n) is 24.1. The molecule has 41 heavy (non-hydrogen) atoms. The van der Waals surface area contributed by atoms with E-state index in [1.807, 2.05) is 12.1 Å². The van der Waals surface area contributed by atoms with Crippen LogP contribution in [0.5, 0.6) is 5.75 Å². The van der Waals surface area contributed by atoms with Crippen LogP contribution in [0.25, 0.3) is 0 Å². The van der Waals surface area contributed by atoms with Gasteiger partial charge in [-0.3, -0.25) is 9.59 Å². The van der Waals surface area contributed by atoms with Crippen molar-refractivity contribution in [3.8, 4) is 5.75 Å². The zero-order chi connectivity index (χ0) is 29.9. The molecular weight excluding hydrogens is 555 g/mol. The summed E-state index contributed by atoms with van der Waals surface area (Å²) in [7, 11) is 4.78. The van der Waals surface area contributed by atoms with Crippen molar-refractivity contribution in [1.29, 1.82) is 0 Å². The number of halogens is 4. The van der Waals surface area contributed by atoms with Crippen LogP contribution < -0.4 is 9.64 Å². The fourth-order valence-corrected chi connectivity index (χ4v) is 6.41. The molecule has 0 bridgehead atoms. The van der Waals surface area contributed by atoms with E-state index in [1.54, 1.807) is 26.2 Å². The number of alkyl halides is 3. The Labute approximate surface area is 245 Å². The molecule has 0 aromatic heterocycles. The van der Waals surface area contributed by atoms with Crippen molar-refractivity contribution in [2.75, 3.05) is 52.3 Å². The van der Waals surface area contributed by atoms with Crippen molar-refractivity contribution < 1.29 is 27.5 Å². The number of likely N-dealkylation sites (tertiary alicyclic amines) is 1. The average molecular weight is 594 g/mol. The van der Waals surface area contributed by atoms with Crippen LogP contribution in [0.4, 0.5) is 18.9 Å². The molecule has 2 aliphatic rings. The van der Waals surface area contributed by atoms with Crippen LogP contribution in [0.3, 0.4) is 0 Å². The molecule has 1 atom stereocenters. The lowest BCUT2D eigenvalue weighted by Crippen LogP contribution is -2.46. The molecule has 2 heterocycles. The van der Waals surface area contributed by atoms with E-state index < -0.39 is 18.0 Å². The lowest BCUT2D eigenvalue weighted by molar-refractivity contribution is -0.173. The minimum atomic E-state index is -4.69. The van der Waals surface area contributed by atoms with E-state index in [4.69, 9.17) is 16.3 Å². The molecule has 0 radical (unpaired) electrons. The monoisotopic (exact) mass is 593 g/mol. The van der Waals surface area contributed by atoms with Crippen LogP contribution >= 0.6 is 11.6 Å². The molecule has 0 N–H and O–H groups in total. The molecule has 6 nitrogen and oxygen atoms in total. The van der Waals surface area contributed by atoms with Crippen LogP contribution in [0, 0.1) is 11.3 Å². The molecule has 0 spiro atoms. The molecular formula is C31H39ClF3N3O3. The van der Waals surface area contributed by atoms with Gasteiger partial charge in [0.25, 0.3) is 5.91 Å². The zero-order valence-corrected chi connectivity index (χ0v) is 24.9. The number of methoxy groups -OCH3 is 1. The summed E-state index contributed by atoms with van der Waals surface area (Å²) in [5, 5.41) is 0.440. The van der Waals surface area contributed by atoms with Crippen molar-refractivity contribution in [2.45, 2.75) is 51.1 Å². The fourth-order valence-electron chi connectivity index (χ4n) is 6.15. The third-order valence-electron chi connectivity index (χ3n) is 8.63. The highest BCUT2D eigenvalue weighted by molar-refractivity contribution is 6.34. The standard InChI is InChI=1S/C31H39ClF3N3O3/c1-30(12-16-37(17-13-30)23-8-9-25(26(32)19-23)28(39)36(2)3)20-21-10-14-38(15-11-21)29(40)27(31(33,34)35)22-6-5-7-24(18-22)41-4/h5-9,18-19,21,27H,10-17,20H2,1-4H3. The van der Waals surface area contributed by atoms with Crippen LogP contribution in [0.15, 0.2) is 42.5 Å². The van der Waals surface area contributed by atoms with Gasteiger partial charge >= 0.3 is 6.18 Å². The number of piperidine rings is 2. The third kappa shape index (κ3) is 7.29. The summed E-state index contributed by atoms with van der Waals surface area (Å²) in [5.74, 6) is -2.56. The van der Waals surface area contributed by atoms with Gasteiger partial charge in [-0.2, -0.15) is 13.2 Å². The number of amides is 2. The SMILES string of the molecule is COc1cccc(C(C(=O)N2CCC(CC3(C)CCN(c4ccc(C(=O)N(C)C)c(Cl)c4)CC3)CC2)C(F)(F)F)c1. The van der Waals surface area contributed by atoms with Gasteiger partial charge in [0.2, 0.25) is 5.91 Å². The van der Waals surface area contributed by atoms with E-state index >= 15 is 0 Å². The minimum absolute atomic E-state index is 0.0940. The quantitative estimate of drug-likeness (QED) is 0.362. The first-order valence-corrected chi connectivity index (χ1v) is 14.4. The molecule has 2 fully saturated rings. The van der Waals surface area contributed by atoms with Gasteiger partial charge in [-0.25, -0.2) is 0 Å². The summed E-state index contributed by atoms with van der Waals surface area (Å²) in [6.07, 6.45) is -0.343. The maximum absolute atomic E-state index is 14.0. The topological polar surface area (TPSA) is 53.1 Å². The summed E-state index contributed by atoms with van der Waals surface area (Å²) in [6.45, 7) is 4.67. The van der Waals surface area contributed by atoms with Crippen LogP contribution in [-0.4, -0.2) is 75.2 Å². The third-order valence-corrected chi connectivity index (χ3v) is 8.95. The molecule has 4 rings (SSSR count). The maximum atomic E-state index is 14.0. The Morgan fingerprint density at radius 1 is 1.07 bits per heavy atom. The van der Waals surface area contributed by atoms with E-state index in [1.165, 1.54) is 35.1 Å². The summed E-state index contributed by atoms with van der Waals surface area (Å²) < 4.78 is 47.2. The highest BCUT2D eigenvalue weighted by atomic mass is 35.5. The van der Waals surface area contributed by atoms with Crippen molar-refractivity contribution in [3.63, 3.8) is 0 Å². The Morgan fingerprint density at radius 3 is 2.29 bits per heavy atom. The van der Waals surface area contributed by atoms with Gasteiger partial charge < -0.3 is 19.4 Å². The number of anilines is 1. The fraction of sp³-hybridized carbons (Fsp3) is 0.548. The Kier molecular flexibility index (Phi) is 9.46. The predicted molar refractivity (Wildman–Crippen MR) is 155 cm³/mol. The Morgan fingerprint density at radius 2 is 1.73 bits per heavy atom. The second-order valence-corrected chi connectivity index (χ2v) is 12.3. The van der Waals surface area contributed by atoms with Crippen molar-refractivity contribution in [1.82, 2.24) is 9.80 Å². The van der Waals surface area contributed by atoms with E-state index in [-0.39, 0.29) is 16.9 Å². The normalized spacial score (nSPS) is 18.6. The number of hydrogen-bond acceptors (Lipinski definition) is 4.